The zero-order chi connectivity index (χ0) is 17.4. The molecule has 1 N–H and O–H groups in total. The molecule has 6 heteroatoms. The van der Waals surface area contributed by atoms with E-state index in [0.717, 1.165) is 5.56 Å². The first-order valence-electron chi connectivity index (χ1n) is 7.70. The first-order valence-corrected chi connectivity index (χ1v) is 8.45. The normalized spacial score (nSPS) is 16.0. The first kappa shape index (κ1) is 15.9. The van der Waals surface area contributed by atoms with Gasteiger partial charge >= 0.3 is 0 Å². The van der Waals surface area contributed by atoms with E-state index in [1.54, 1.807) is 41.6 Å². The molecule has 1 atom stereocenters. The van der Waals surface area contributed by atoms with Crippen molar-refractivity contribution in [3.05, 3.63) is 88.2 Å². The lowest BCUT2D eigenvalue weighted by atomic mass is 10.1. The standard InChI is InChI=1S/C19H13Cl2N3O/c20-15-8-3-9-16(21)17(15)23-18-13-6-1-2-7-14(13)19(25)24(18)12-5-4-10-22-11-12/h1-11,18,23H. The molecule has 1 unspecified atom stereocenters. The maximum absolute atomic E-state index is 13.0. The summed E-state index contributed by atoms with van der Waals surface area (Å²) in [6.07, 6.45) is 2.90. The Morgan fingerprint density at radius 3 is 2.44 bits per heavy atom. The highest BCUT2D eigenvalue weighted by molar-refractivity contribution is 6.39. The van der Waals surface area contributed by atoms with Crippen molar-refractivity contribution in [2.45, 2.75) is 6.17 Å². The van der Waals surface area contributed by atoms with Gasteiger partial charge in [0.2, 0.25) is 0 Å². The summed E-state index contributed by atoms with van der Waals surface area (Å²) in [7, 11) is 0. The average Bonchev–Trinajstić information content (AvgIpc) is 2.91. The molecule has 4 rings (SSSR count). The smallest absolute Gasteiger partial charge is 0.260 e. The van der Waals surface area contributed by atoms with Gasteiger partial charge in [-0.2, -0.15) is 0 Å². The van der Waals surface area contributed by atoms with Crippen LogP contribution in [0, 0.1) is 0 Å². The van der Waals surface area contributed by atoms with Crippen LogP contribution in [0.1, 0.15) is 22.1 Å². The molecule has 0 bridgehead atoms. The van der Waals surface area contributed by atoms with Gasteiger partial charge in [-0.3, -0.25) is 14.7 Å². The van der Waals surface area contributed by atoms with Crippen molar-refractivity contribution in [3.8, 4) is 0 Å². The molecule has 2 aromatic carbocycles. The first-order chi connectivity index (χ1) is 12.2. The van der Waals surface area contributed by atoms with Crippen LogP contribution in [0.15, 0.2) is 67.0 Å². The summed E-state index contributed by atoms with van der Waals surface area (Å²) < 4.78 is 0. The Morgan fingerprint density at radius 1 is 0.960 bits per heavy atom. The van der Waals surface area contributed by atoms with E-state index in [1.165, 1.54) is 0 Å². The highest BCUT2D eigenvalue weighted by atomic mass is 35.5. The molecule has 0 saturated heterocycles. The van der Waals surface area contributed by atoms with Gasteiger partial charge in [-0.25, -0.2) is 0 Å². The zero-order valence-electron chi connectivity index (χ0n) is 13.0. The third-order valence-electron chi connectivity index (χ3n) is 4.13. The predicted molar refractivity (Wildman–Crippen MR) is 100 cm³/mol. The molecule has 1 amide bonds. The Bertz CT molecular complexity index is 926. The fourth-order valence-corrected chi connectivity index (χ4v) is 3.50. The molecule has 1 aliphatic rings. The minimum Gasteiger partial charge on any atom is -0.359 e. The number of anilines is 2. The minimum atomic E-state index is -0.426. The predicted octanol–water partition coefficient (Wildman–Crippen LogP) is 5.16. The van der Waals surface area contributed by atoms with E-state index in [2.05, 4.69) is 10.3 Å². The van der Waals surface area contributed by atoms with E-state index in [1.807, 2.05) is 30.3 Å². The number of aromatic nitrogens is 1. The van der Waals surface area contributed by atoms with Crippen LogP contribution in [0.4, 0.5) is 11.4 Å². The van der Waals surface area contributed by atoms with E-state index < -0.39 is 6.17 Å². The average molecular weight is 370 g/mol. The van der Waals surface area contributed by atoms with E-state index >= 15 is 0 Å². The number of carbonyl (C=O) groups is 1. The van der Waals surface area contributed by atoms with Crippen LogP contribution in [0.2, 0.25) is 10.0 Å². The van der Waals surface area contributed by atoms with Gasteiger partial charge in [0.15, 0.2) is 0 Å². The number of nitrogens with zero attached hydrogens (tertiary/aromatic N) is 2. The molecule has 0 saturated carbocycles. The second-order valence-corrected chi connectivity index (χ2v) is 6.43. The molecule has 0 spiro atoms. The number of amides is 1. The van der Waals surface area contributed by atoms with Crippen molar-refractivity contribution in [2.24, 2.45) is 0 Å². The number of pyridine rings is 1. The summed E-state index contributed by atoms with van der Waals surface area (Å²) in [5, 5.41) is 4.32. The highest BCUT2D eigenvalue weighted by Crippen LogP contribution is 2.40. The number of benzene rings is 2. The van der Waals surface area contributed by atoms with Crippen molar-refractivity contribution >= 4 is 40.5 Å². The topological polar surface area (TPSA) is 45.2 Å². The number of carbonyl (C=O) groups excluding carboxylic acids is 1. The summed E-state index contributed by atoms with van der Waals surface area (Å²) >= 11 is 12.6. The second kappa shape index (κ2) is 6.39. The van der Waals surface area contributed by atoms with E-state index in [0.29, 0.717) is 27.0 Å². The Kier molecular flexibility index (Phi) is 4.07. The van der Waals surface area contributed by atoms with Gasteiger partial charge in [-0.1, -0.05) is 47.5 Å². The van der Waals surface area contributed by atoms with Gasteiger partial charge < -0.3 is 5.32 Å². The zero-order valence-corrected chi connectivity index (χ0v) is 14.5. The largest absolute Gasteiger partial charge is 0.359 e. The van der Waals surface area contributed by atoms with E-state index in [-0.39, 0.29) is 5.91 Å². The van der Waals surface area contributed by atoms with Gasteiger partial charge in [0, 0.05) is 17.3 Å². The third-order valence-corrected chi connectivity index (χ3v) is 4.76. The maximum atomic E-state index is 13.0. The van der Waals surface area contributed by atoms with Gasteiger partial charge in [-0.15, -0.1) is 0 Å². The molecule has 4 nitrogen and oxygen atoms in total. The monoisotopic (exact) mass is 369 g/mol. The molecule has 0 aliphatic carbocycles. The van der Waals surface area contributed by atoms with Crippen LogP contribution in [-0.4, -0.2) is 10.9 Å². The Balaban J connectivity index is 1.83. The van der Waals surface area contributed by atoms with Crippen LogP contribution in [-0.2, 0) is 0 Å². The minimum absolute atomic E-state index is 0.0933. The summed E-state index contributed by atoms with van der Waals surface area (Å²) in [5.74, 6) is -0.0933. The van der Waals surface area contributed by atoms with E-state index in [9.17, 15) is 4.79 Å². The number of hydrogen-bond donors (Lipinski definition) is 1. The van der Waals surface area contributed by atoms with Crippen LogP contribution < -0.4 is 10.2 Å². The number of para-hydroxylation sites is 1. The molecule has 25 heavy (non-hydrogen) atoms. The van der Waals surface area contributed by atoms with Gasteiger partial charge in [0.25, 0.3) is 5.91 Å². The molecule has 1 aliphatic heterocycles. The summed E-state index contributed by atoms with van der Waals surface area (Å²) in [5.41, 5.74) is 2.80. The van der Waals surface area contributed by atoms with Crippen molar-refractivity contribution in [1.29, 1.82) is 0 Å². The number of fused-ring (bicyclic) bond motifs is 1. The quantitative estimate of drug-likeness (QED) is 0.693. The molecule has 2 heterocycles. The number of halogens is 2. The van der Waals surface area contributed by atoms with Crippen molar-refractivity contribution in [3.63, 3.8) is 0 Å². The highest BCUT2D eigenvalue weighted by Gasteiger charge is 2.38. The molecule has 0 fully saturated rings. The number of nitrogens with one attached hydrogen (secondary N) is 1. The Morgan fingerprint density at radius 2 is 1.72 bits per heavy atom. The van der Waals surface area contributed by atoms with E-state index in [4.69, 9.17) is 23.2 Å². The fourth-order valence-electron chi connectivity index (χ4n) is 2.99. The third kappa shape index (κ3) is 2.73. The number of hydrogen-bond acceptors (Lipinski definition) is 3. The lowest BCUT2D eigenvalue weighted by Gasteiger charge is -2.27. The maximum Gasteiger partial charge on any atom is 0.260 e. The Hall–Kier alpha value is -2.56. The van der Waals surface area contributed by atoms with Gasteiger partial charge in [0.05, 0.1) is 27.6 Å². The molecule has 0 radical (unpaired) electrons. The van der Waals surface area contributed by atoms with Gasteiger partial charge in [-0.05, 0) is 30.3 Å². The molecular weight excluding hydrogens is 357 g/mol. The molecule has 3 aromatic rings. The molecular formula is C19H13Cl2N3O. The summed E-state index contributed by atoms with van der Waals surface area (Å²) in [4.78, 5) is 18.8. The van der Waals surface area contributed by atoms with Gasteiger partial charge in [0.1, 0.15) is 6.17 Å². The fraction of sp³-hybridized carbons (Fsp3) is 0.0526. The van der Waals surface area contributed by atoms with Crippen molar-refractivity contribution in [1.82, 2.24) is 4.98 Å². The Labute approximate surface area is 155 Å². The summed E-state index contributed by atoms with van der Waals surface area (Å²) in [6, 6.07) is 16.4. The van der Waals surface area contributed by atoms with Crippen LogP contribution in [0.25, 0.3) is 0 Å². The molecule has 1 aromatic heterocycles. The number of rotatable bonds is 3. The van der Waals surface area contributed by atoms with Crippen LogP contribution in [0.5, 0.6) is 0 Å². The SMILES string of the molecule is O=C1c2ccccc2C(Nc2c(Cl)cccc2Cl)N1c1cccnc1. The van der Waals surface area contributed by atoms with Crippen LogP contribution in [0.3, 0.4) is 0 Å². The van der Waals surface area contributed by atoms with Crippen molar-refractivity contribution in [2.75, 3.05) is 10.2 Å². The van der Waals surface area contributed by atoms with Crippen LogP contribution >= 0.6 is 23.2 Å². The second-order valence-electron chi connectivity index (χ2n) is 5.62. The van der Waals surface area contributed by atoms with Crippen molar-refractivity contribution < 1.29 is 4.79 Å². The summed E-state index contributed by atoms with van der Waals surface area (Å²) in [6.45, 7) is 0. The lowest BCUT2D eigenvalue weighted by Crippen LogP contribution is -2.32. The molecule has 124 valence electrons. The lowest BCUT2D eigenvalue weighted by molar-refractivity contribution is 0.0993.